The van der Waals surface area contributed by atoms with E-state index in [1.165, 1.54) is 44.3 Å². The number of rotatable bonds is 5. The molecule has 1 unspecified atom stereocenters. The highest BCUT2D eigenvalue weighted by Crippen LogP contribution is 2.18. The minimum absolute atomic E-state index is 0.202. The summed E-state index contributed by atoms with van der Waals surface area (Å²) >= 11 is 0. The molecule has 0 spiro atoms. The molecule has 1 atom stereocenters. The van der Waals surface area contributed by atoms with Gasteiger partial charge in [0.25, 0.3) is 11.8 Å². The summed E-state index contributed by atoms with van der Waals surface area (Å²) in [6.07, 6.45) is 3.05. The summed E-state index contributed by atoms with van der Waals surface area (Å²) in [5.41, 5.74) is 0.293. The monoisotopic (exact) mass is 441 g/mol. The summed E-state index contributed by atoms with van der Waals surface area (Å²) in [5.74, 6) is -0.488. The molecule has 2 amide bonds. The molecule has 2 aromatic rings. The molecular formula is C23H28FN5O3. The average Bonchev–Trinajstić information content (AvgIpc) is 3.23. The van der Waals surface area contributed by atoms with Crippen LogP contribution in [-0.2, 0) is 4.79 Å². The number of amides is 2. The van der Waals surface area contributed by atoms with Crippen molar-refractivity contribution in [2.75, 3.05) is 19.6 Å². The van der Waals surface area contributed by atoms with Crippen molar-refractivity contribution >= 4 is 23.1 Å². The van der Waals surface area contributed by atoms with E-state index in [0.29, 0.717) is 42.3 Å². The van der Waals surface area contributed by atoms with Crippen molar-refractivity contribution in [2.24, 2.45) is 0 Å². The first-order valence-electron chi connectivity index (χ1n) is 10.4. The van der Waals surface area contributed by atoms with Gasteiger partial charge >= 0.3 is 0 Å². The molecule has 0 radical (unpaired) electrons. The topological polar surface area (TPSA) is 113 Å². The minimum atomic E-state index is -1.45. The van der Waals surface area contributed by atoms with Crippen LogP contribution < -0.4 is 0 Å². The molecule has 170 valence electrons. The number of piperazine rings is 1. The fourth-order valence-electron chi connectivity index (χ4n) is 3.59. The Hall–Kier alpha value is -3.33. The Morgan fingerprint density at radius 3 is 2.53 bits per heavy atom. The molecule has 0 saturated carbocycles. The minimum Gasteiger partial charge on any atom is -0.381 e. The molecule has 1 fully saturated rings. The number of hydrogen-bond donors (Lipinski definition) is 3. The quantitative estimate of drug-likeness (QED) is 0.619. The Bertz CT molecular complexity index is 1050. The van der Waals surface area contributed by atoms with E-state index in [2.05, 4.69) is 9.97 Å². The zero-order chi connectivity index (χ0) is 23.6. The van der Waals surface area contributed by atoms with Gasteiger partial charge in [-0.2, -0.15) is 0 Å². The van der Waals surface area contributed by atoms with Gasteiger partial charge in [0.2, 0.25) is 0 Å². The van der Waals surface area contributed by atoms with Gasteiger partial charge in [-0.05, 0) is 69.2 Å². The molecule has 8 nitrogen and oxygen atoms in total. The fraction of sp³-hybridized carbons (Fsp3) is 0.391. The third-order valence-corrected chi connectivity index (χ3v) is 5.39. The molecule has 1 aliphatic rings. The van der Waals surface area contributed by atoms with Gasteiger partial charge in [-0.1, -0.05) is 0 Å². The van der Waals surface area contributed by atoms with Crippen LogP contribution in [0.4, 0.5) is 4.39 Å². The second-order valence-electron chi connectivity index (χ2n) is 8.55. The summed E-state index contributed by atoms with van der Waals surface area (Å²) in [5, 5.41) is 18.2. The van der Waals surface area contributed by atoms with Gasteiger partial charge in [0.15, 0.2) is 0 Å². The lowest BCUT2D eigenvalue weighted by atomic mass is 10.1. The standard InChI is InChI=1S/C23H28FN5O3/c1-14(11-18(25)16-5-7-17(24)8-6-16)20-26-12-19(27-20)21(30)28-9-10-29(15(2)13-28)22(31)23(3,4)32/h5-8,11-12,15,25,32H,9-10,13H2,1-4H3,(H,26,27)/b14-11-,25-18?. The van der Waals surface area contributed by atoms with Gasteiger partial charge in [-0.3, -0.25) is 9.59 Å². The number of aromatic amines is 1. The van der Waals surface area contributed by atoms with E-state index in [4.69, 9.17) is 5.41 Å². The molecule has 1 saturated heterocycles. The number of carbonyl (C=O) groups is 2. The maximum absolute atomic E-state index is 13.1. The molecule has 0 aliphatic carbocycles. The van der Waals surface area contributed by atoms with E-state index in [1.807, 2.05) is 6.92 Å². The van der Waals surface area contributed by atoms with Crippen LogP contribution in [0.25, 0.3) is 5.57 Å². The zero-order valence-corrected chi connectivity index (χ0v) is 18.6. The summed E-state index contributed by atoms with van der Waals surface area (Å²) in [4.78, 5) is 35.8. The van der Waals surface area contributed by atoms with Gasteiger partial charge in [0.1, 0.15) is 22.9 Å². The zero-order valence-electron chi connectivity index (χ0n) is 18.6. The van der Waals surface area contributed by atoms with Crippen molar-refractivity contribution < 1.29 is 19.1 Å². The predicted octanol–water partition coefficient (Wildman–Crippen LogP) is 2.46. The maximum atomic E-state index is 13.1. The van der Waals surface area contributed by atoms with Gasteiger partial charge in [0.05, 0.1) is 11.9 Å². The number of nitrogens with zero attached hydrogens (tertiary/aromatic N) is 3. The van der Waals surface area contributed by atoms with Crippen LogP contribution in [0.2, 0.25) is 0 Å². The molecule has 1 aromatic carbocycles. The van der Waals surface area contributed by atoms with Crippen LogP contribution in [0.5, 0.6) is 0 Å². The van der Waals surface area contributed by atoms with Crippen molar-refractivity contribution in [1.29, 1.82) is 5.41 Å². The van der Waals surface area contributed by atoms with Crippen LogP contribution in [0.1, 0.15) is 49.6 Å². The van der Waals surface area contributed by atoms with Crippen LogP contribution in [0.3, 0.4) is 0 Å². The van der Waals surface area contributed by atoms with Crippen molar-refractivity contribution in [1.82, 2.24) is 19.8 Å². The number of hydrogen-bond acceptors (Lipinski definition) is 5. The van der Waals surface area contributed by atoms with E-state index >= 15 is 0 Å². The number of benzene rings is 1. The van der Waals surface area contributed by atoms with E-state index in [9.17, 15) is 19.1 Å². The lowest BCUT2D eigenvalue weighted by Gasteiger charge is -2.41. The number of nitrogens with one attached hydrogen (secondary N) is 2. The van der Waals surface area contributed by atoms with E-state index in [1.54, 1.807) is 22.8 Å². The molecule has 3 N–H and O–H groups in total. The summed E-state index contributed by atoms with van der Waals surface area (Å²) in [7, 11) is 0. The Morgan fingerprint density at radius 1 is 1.28 bits per heavy atom. The van der Waals surface area contributed by atoms with Gasteiger partial charge in [0, 0.05) is 25.7 Å². The number of H-pyrrole nitrogens is 1. The molecular weight excluding hydrogens is 413 g/mol. The lowest BCUT2D eigenvalue weighted by Crippen LogP contribution is -2.59. The van der Waals surface area contributed by atoms with Crippen LogP contribution in [-0.4, -0.2) is 73.7 Å². The number of halogens is 1. The highest BCUT2D eigenvalue weighted by atomic mass is 19.1. The highest BCUT2D eigenvalue weighted by molar-refractivity contribution is 6.09. The molecule has 1 aliphatic heterocycles. The van der Waals surface area contributed by atoms with E-state index in [-0.39, 0.29) is 29.4 Å². The van der Waals surface area contributed by atoms with Gasteiger partial charge in [-0.15, -0.1) is 0 Å². The van der Waals surface area contributed by atoms with Crippen LogP contribution >= 0.6 is 0 Å². The van der Waals surface area contributed by atoms with Gasteiger partial charge in [-0.25, -0.2) is 9.37 Å². The van der Waals surface area contributed by atoms with Crippen molar-refractivity contribution in [2.45, 2.75) is 39.3 Å². The third kappa shape index (κ3) is 5.11. The van der Waals surface area contributed by atoms with Crippen molar-refractivity contribution in [3.05, 3.63) is 59.4 Å². The molecule has 9 heteroatoms. The first-order chi connectivity index (χ1) is 15.0. The molecule has 1 aromatic heterocycles. The molecule has 32 heavy (non-hydrogen) atoms. The fourth-order valence-corrected chi connectivity index (χ4v) is 3.59. The normalized spacial score (nSPS) is 17.4. The number of allylic oxidation sites excluding steroid dienone is 2. The Balaban J connectivity index is 1.67. The molecule has 3 rings (SSSR count). The highest BCUT2D eigenvalue weighted by Gasteiger charge is 2.36. The largest absolute Gasteiger partial charge is 0.381 e. The SMILES string of the molecule is C/C(=C/C(=N)c1ccc(F)cc1)c1ncc(C(=O)N2CCN(C(=O)C(C)(C)O)C(C)C2)[nH]1. The number of carbonyl (C=O) groups excluding carboxylic acids is 2. The predicted molar refractivity (Wildman–Crippen MR) is 119 cm³/mol. The summed E-state index contributed by atoms with van der Waals surface area (Å²) in [6.45, 7) is 7.56. The third-order valence-electron chi connectivity index (χ3n) is 5.39. The summed E-state index contributed by atoms with van der Waals surface area (Å²) in [6, 6.07) is 5.43. The molecule has 0 bridgehead atoms. The van der Waals surface area contributed by atoms with Crippen LogP contribution in [0.15, 0.2) is 36.5 Å². The van der Waals surface area contributed by atoms with E-state index in [0.717, 1.165) is 0 Å². The number of imidazole rings is 1. The van der Waals surface area contributed by atoms with Crippen molar-refractivity contribution in [3.8, 4) is 0 Å². The van der Waals surface area contributed by atoms with Crippen LogP contribution in [0, 0.1) is 11.2 Å². The van der Waals surface area contributed by atoms with Gasteiger partial charge < -0.3 is 25.3 Å². The Kier molecular flexibility index (Phi) is 6.59. The first kappa shape index (κ1) is 23.3. The first-order valence-corrected chi connectivity index (χ1v) is 10.4. The number of aliphatic hydroxyl groups is 1. The Morgan fingerprint density at radius 2 is 1.94 bits per heavy atom. The lowest BCUT2D eigenvalue weighted by molar-refractivity contribution is -0.152. The molecule has 2 heterocycles. The van der Waals surface area contributed by atoms with E-state index < -0.39 is 5.60 Å². The van der Waals surface area contributed by atoms with Crippen molar-refractivity contribution in [3.63, 3.8) is 0 Å². The second-order valence-corrected chi connectivity index (χ2v) is 8.55. The smallest absolute Gasteiger partial charge is 0.272 e. The average molecular weight is 442 g/mol. The Labute approximate surface area is 186 Å². The second kappa shape index (κ2) is 9.04. The summed E-state index contributed by atoms with van der Waals surface area (Å²) < 4.78 is 13.1. The number of aromatic nitrogens is 2. The maximum Gasteiger partial charge on any atom is 0.272 e.